The Morgan fingerprint density at radius 1 is 1.26 bits per heavy atom. The largest absolute Gasteiger partial charge is 0.494 e. The molecule has 4 rings (SSSR count). The zero-order valence-corrected chi connectivity index (χ0v) is 15.6. The zero-order chi connectivity index (χ0) is 19.1. The molecule has 142 valence electrons. The highest BCUT2D eigenvalue weighted by Gasteiger charge is 2.30. The van der Waals surface area contributed by atoms with Gasteiger partial charge in [-0.25, -0.2) is 4.79 Å². The van der Waals surface area contributed by atoms with Crippen molar-refractivity contribution in [3.63, 3.8) is 0 Å². The molecule has 2 aromatic heterocycles. The molecule has 1 aromatic carbocycles. The maximum absolute atomic E-state index is 12.6. The number of aromatic hydroxyl groups is 1. The normalized spacial score (nSPS) is 16.6. The molecule has 0 aliphatic carbocycles. The fourth-order valence-corrected chi connectivity index (χ4v) is 3.95. The van der Waals surface area contributed by atoms with E-state index in [1.54, 1.807) is 0 Å². The third-order valence-electron chi connectivity index (χ3n) is 5.34. The van der Waals surface area contributed by atoms with Gasteiger partial charge in [-0.2, -0.15) is 0 Å². The van der Waals surface area contributed by atoms with E-state index in [1.807, 2.05) is 19.1 Å². The van der Waals surface area contributed by atoms with Crippen LogP contribution >= 0.6 is 0 Å². The van der Waals surface area contributed by atoms with E-state index in [2.05, 4.69) is 28.3 Å². The first-order valence-corrected chi connectivity index (χ1v) is 9.41. The monoisotopic (exact) mass is 368 g/mol. The maximum Gasteiger partial charge on any atom is 0.331 e. The van der Waals surface area contributed by atoms with Crippen LogP contribution in [0.3, 0.4) is 0 Å². The molecule has 0 saturated carbocycles. The van der Waals surface area contributed by atoms with Gasteiger partial charge in [-0.1, -0.05) is 25.0 Å². The average Bonchev–Trinajstić information content (AvgIpc) is 3.00. The highest BCUT2D eigenvalue weighted by atomic mass is 16.3. The van der Waals surface area contributed by atoms with Crippen LogP contribution in [0.2, 0.25) is 0 Å². The lowest BCUT2D eigenvalue weighted by Crippen LogP contribution is -2.39. The molecule has 4 N–H and O–H groups in total. The van der Waals surface area contributed by atoms with Gasteiger partial charge in [0.1, 0.15) is 5.56 Å². The van der Waals surface area contributed by atoms with Crippen molar-refractivity contribution in [2.75, 3.05) is 6.54 Å². The summed E-state index contributed by atoms with van der Waals surface area (Å²) in [5.74, 6) is -0.252. The molecule has 27 heavy (non-hydrogen) atoms. The molecular weight excluding hydrogens is 344 g/mol. The molecule has 7 heteroatoms. The van der Waals surface area contributed by atoms with Crippen molar-refractivity contribution in [1.82, 2.24) is 19.9 Å². The van der Waals surface area contributed by atoms with E-state index < -0.39 is 17.3 Å². The number of fused-ring (bicyclic) bond motifs is 3. The van der Waals surface area contributed by atoms with E-state index in [1.165, 1.54) is 10.1 Å². The van der Waals surface area contributed by atoms with E-state index >= 15 is 0 Å². The lowest BCUT2D eigenvalue weighted by molar-refractivity contribution is 0.378. The summed E-state index contributed by atoms with van der Waals surface area (Å²) < 4.78 is 1.25. The lowest BCUT2D eigenvalue weighted by atomic mass is 9.95. The number of unbranched alkanes of at least 4 members (excludes halogenated alkanes) is 1. The molecule has 1 aliphatic rings. The Morgan fingerprint density at radius 3 is 2.85 bits per heavy atom. The fraction of sp³-hybridized carbons (Fsp3) is 0.400. The molecule has 7 nitrogen and oxygen atoms in total. The van der Waals surface area contributed by atoms with Crippen molar-refractivity contribution in [2.45, 2.75) is 45.7 Å². The second-order valence-corrected chi connectivity index (χ2v) is 7.21. The Balaban J connectivity index is 1.90. The molecule has 1 aliphatic heterocycles. The predicted molar refractivity (Wildman–Crippen MR) is 104 cm³/mol. The summed E-state index contributed by atoms with van der Waals surface area (Å²) in [5, 5.41) is 15.2. The van der Waals surface area contributed by atoms with E-state index in [-0.39, 0.29) is 11.4 Å². The summed E-state index contributed by atoms with van der Waals surface area (Å²) in [6.07, 6.45) is 2.46. The van der Waals surface area contributed by atoms with Gasteiger partial charge in [0.15, 0.2) is 0 Å². The molecule has 0 radical (unpaired) electrons. The topological polar surface area (TPSA) is 103 Å². The molecule has 0 saturated heterocycles. The molecule has 0 amide bonds. The van der Waals surface area contributed by atoms with Gasteiger partial charge in [-0.15, -0.1) is 0 Å². The molecule has 0 bridgehead atoms. The van der Waals surface area contributed by atoms with Crippen LogP contribution in [0.25, 0.3) is 10.9 Å². The molecule has 3 aromatic rings. The number of rotatable bonds is 4. The van der Waals surface area contributed by atoms with Gasteiger partial charge >= 0.3 is 5.69 Å². The smallest absolute Gasteiger partial charge is 0.331 e. The molecule has 1 atom stereocenters. The highest BCUT2D eigenvalue weighted by molar-refractivity contribution is 5.86. The van der Waals surface area contributed by atoms with Crippen LogP contribution in [0.5, 0.6) is 5.88 Å². The number of hydrogen-bond acceptors (Lipinski definition) is 4. The fourth-order valence-electron chi connectivity index (χ4n) is 3.95. The van der Waals surface area contributed by atoms with Crippen LogP contribution in [0.4, 0.5) is 0 Å². The minimum absolute atomic E-state index is 0.190. The van der Waals surface area contributed by atoms with Crippen molar-refractivity contribution in [1.29, 1.82) is 0 Å². The van der Waals surface area contributed by atoms with Crippen molar-refractivity contribution < 1.29 is 5.11 Å². The Kier molecular flexibility index (Phi) is 4.39. The van der Waals surface area contributed by atoms with E-state index in [4.69, 9.17) is 0 Å². The van der Waals surface area contributed by atoms with Gasteiger partial charge < -0.3 is 15.4 Å². The first-order valence-electron chi connectivity index (χ1n) is 9.41. The molecule has 3 heterocycles. The van der Waals surface area contributed by atoms with Crippen molar-refractivity contribution in [2.24, 2.45) is 0 Å². The summed E-state index contributed by atoms with van der Waals surface area (Å²) in [6, 6.07) is 5.73. The molecule has 0 fully saturated rings. The van der Waals surface area contributed by atoms with Crippen molar-refractivity contribution in [3.05, 3.63) is 61.4 Å². The maximum atomic E-state index is 12.6. The SMILES string of the molecule is CCCCn1c(O)c(C2NCCc3c2[nH]c2ccc(C)cc32)c(=O)[nH]c1=O. The average molecular weight is 368 g/mol. The third kappa shape index (κ3) is 2.88. The van der Waals surface area contributed by atoms with Crippen LogP contribution in [-0.2, 0) is 13.0 Å². The summed E-state index contributed by atoms with van der Waals surface area (Å²) in [4.78, 5) is 30.5. The Labute approximate surface area is 156 Å². The van der Waals surface area contributed by atoms with E-state index in [0.717, 1.165) is 41.4 Å². The van der Waals surface area contributed by atoms with Gasteiger partial charge in [0.25, 0.3) is 5.56 Å². The van der Waals surface area contributed by atoms with Gasteiger partial charge in [-0.3, -0.25) is 14.3 Å². The van der Waals surface area contributed by atoms with Gasteiger partial charge in [0, 0.05) is 29.7 Å². The summed E-state index contributed by atoms with van der Waals surface area (Å²) in [5.41, 5.74) is 3.28. The minimum atomic E-state index is -0.571. The van der Waals surface area contributed by atoms with Gasteiger partial charge in [-0.05, 0) is 37.5 Å². The number of aryl methyl sites for hydroxylation is 1. The number of hydrogen-bond donors (Lipinski definition) is 4. The number of aromatic nitrogens is 3. The van der Waals surface area contributed by atoms with Crippen LogP contribution in [0, 0.1) is 6.92 Å². The quantitative estimate of drug-likeness (QED) is 0.566. The Hall–Kier alpha value is -2.80. The van der Waals surface area contributed by atoms with Gasteiger partial charge in [0.05, 0.1) is 6.04 Å². The summed E-state index contributed by atoms with van der Waals surface area (Å²) in [6.45, 7) is 5.12. The predicted octanol–water partition coefficient (Wildman–Crippen LogP) is 2.07. The van der Waals surface area contributed by atoms with Gasteiger partial charge in [0.2, 0.25) is 5.88 Å². The second kappa shape index (κ2) is 6.74. The van der Waals surface area contributed by atoms with E-state index in [0.29, 0.717) is 13.1 Å². The van der Waals surface area contributed by atoms with Crippen molar-refractivity contribution in [3.8, 4) is 5.88 Å². The third-order valence-corrected chi connectivity index (χ3v) is 5.34. The molecular formula is C20H24N4O3. The number of aromatic amines is 2. The summed E-state index contributed by atoms with van der Waals surface area (Å²) >= 11 is 0. The van der Waals surface area contributed by atoms with Crippen LogP contribution < -0.4 is 16.6 Å². The van der Waals surface area contributed by atoms with Crippen LogP contribution in [0.15, 0.2) is 27.8 Å². The lowest BCUT2D eigenvalue weighted by Gasteiger charge is -2.25. The zero-order valence-electron chi connectivity index (χ0n) is 15.6. The number of H-pyrrole nitrogens is 2. The number of nitrogens with one attached hydrogen (secondary N) is 3. The number of nitrogens with zero attached hydrogens (tertiary/aromatic N) is 1. The second-order valence-electron chi connectivity index (χ2n) is 7.21. The first-order chi connectivity index (χ1) is 13.0. The van der Waals surface area contributed by atoms with Crippen molar-refractivity contribution >= 4 is 10.9 Å². The molecule has 1 unspecified atom stereocenters. The highest BCUT2D eigenvalue weighted by Crippen LogP contribution is 2.35. The number of benzene rings is 1. The Morgan fingerprint density at radius 2 is 2.07 bits per heavy atom. The minimum Gasteiger partial charge on any atom is -0.494 e. The molecule has 0 spiro atoms. The first kappa shape index (κ1) is 17.6. The summed E-state index contributed by atoms with van der Waals surface area (Å²) in [7, 11) is 0. The van der Waals surface area contributed by atoms with E-state index in [9.17, 15) is 14.7 Å². The standard InChI is InChI=1S/C20H24N4O3/c1-3-4-9-24-19(26)15(18(25)23-20(24)27)17-16-12(7-8-21-17)13-10-11(2)5-6-14(13)22-16/h5-6,10,17,21-22,26H,3-4,7-9H2,1-2H3,(H,23,25,27). The van der Waals surface area contributed by atoms with Crippen LogP contribution in [-0.4, -0.2) is 26.2 Å². The van der Waals surface area contributed by atoms with Crippen LogP contribution in [0.1, 0.15) is 48.2 Å². The Bertz CT molecular complexity index is 1120.